The van der Waals surface area contributed by atoms with Gasteiger partial charge in [0.25, 0.3) is 0 Å². The van der Waals surface area contributed by atoms with Gasteiger partial charge in [-0.25, -0.2) is 19.6 Å². The number of carbonyl (C=O) groups is 3. The Balaban J connectivity index is 2.03. The number of nitrogens with one attached hydrogen (secondary N) is 5. The van der Waals surface area contributed by atoms with Crippen LogP contribution >= 0.6 is 0 Å². The van der Waals surface area contributed by atoms with E-state index in [9.17, 15) is 14.4 Å². The maximum absolute atomic E-state index is 12.2. The Kier molecular flexibility index (Phi) is 14.3. The van der Waals surface area contributed by atoms with Gasteiger partial charge in [0.1, 0.15) is 23.8 Å². The summed E-state index contributed by atoms with van der Waals surface area (Å²) < 4.78 is 15.2. The summed E-state index contributed by atoms with van der Waals surface area (Å²) in [7, 11) is 2.85. The van der Waals surface area contributed by atoms with Gasteiger partial charge in [0.15, 0.2) is 0 Å². The van der Waals surface area contributed by atoms with E-state index >= 15 is 0 Å². The Hall–Kier alpha value is -5.13. The highest BCUT2D eigenvalue weighted by Gasteiger charge is 2.21. The van der Waals surface area contributed by atoms with Crippen molar-refractivity contribution in [3.05, 3.63) is 29.6 Å². The summed E-state index contributed by atoms with van der Waals surface area (Å²) in [4.78, 5) is 50.4. The van der Waals surface area contributed by atoms with Crippen molar-refractivity contribution in [3.63, 3.8) is 0 Å². The van der Waals surface area contributed by atoms with Gasteiger partial charge < -0.3 is 35.1 Å². The van der Waals surface area contributed by atoms with Crippen LogP contribution in [-0.2, 0) is 19.0 Å². The van der Waals surface area contributed by atoms with E-state index in [0.717, 1.165) is 6.42 Å². The highest BCUT2D eigenvalue weighted by molar-refractivity contribution is 6.00. The second kappa shape index (κ2) is 17.9. The van der Waals surface area contributed by atoms with Gasteiger partial charge in [-0.3, -0.25) is 15.5 Å². The molecule has 15 heteroatoms. The van der Waals surface area contributed by atoms with Crippen LogP contribution < -0.4 is 21.3 Å². The number of ether oxygens (including phenoxy) is 3. The first-order valence-electron chi connectivity index (χ1n) is 14.5. The second-order valence-corrected chi connectivity index (χ2v) is 10.6. The molecule has 0 saturated carbocycles. The Labute approximate surface area is 263 Å². The predicted molar refractivity (Wildman–Crippen MR) is 171 cm³/mol. The molecule has 2 rings (SSSR count). The zero-order valence-electron chi connectivity index (χ0n) is 26.9. The lowest BCUT2D eigenvalue weighted by Crippen LogP contribution is -2.41. The first-order chi connectivity index (χ1) is 21.4. The van der Waals surface area contributed by atoms with Gasteiger partial charge in [-0.2, -0.15) is 4.98 Å². The fourth-order valence-electron chi connectivity index (χ4n) is 3.46. The molecule has 0 aliphatic rings. The molecular weight excluding hydrogens is 582 g/mol. The number of likely N-dealkylation sites (N-methyl/N-ethyl adjacent to an activating group) is 1. The molecule has 0 aliphatic heterocycles. The minimum Gasteiger partial charge on any atom is -0.481 e. The number of pyridine rings is 1. The van der Waals surface area contributed by atoms with E-state index in [2.05, 4.69) is 48.1 Å². The first-order valence-corrected chi connectivity index (χ1v) is 14.5. The van der Waals surface area contributed by atoms with E-state index in [4.69, 9.17) is 19.6 Å². The van der Waals surface area contributed by atoms with Crippen LogP contribution in [-0.4, -0.2) is 89.8 Å². The predicted octanol–water partition coefficient (Wildman–Crippen LogP) is 4.09. The number of carbonyl (C=O) groups excluding carboxylic acids is 3. The van der Waals surface area contributed by atoms with Gasteiger partial charge in [0.2, 0.25) is 17.8 Å². The molecule has 0 aliphatic carbocycles. The fourth-order valence-corrected chi connectivity index (χ4v) is 3.46. The Morgan fingerprint density at radius 1 is 1.09 bits per heavy atom. The van der Waals surface area contributed by atoms with E-state index in [1.807, 2.05) is 6.92 Å². The molecule has 45 heavy (non-hydrogen) atoms. The lowest BCUT2D eigenvalue weighted by atomic mass is 10.2. The van der Waals surface area contributed by atoms with E-state index in [1.54, 1.807) is 40.0 Å². The smallest absolute Gasteiger partial charge is 0.412 e. The van der Waals surface area contributed by atoms with Crippen LogP contribution in [0.2, 0.25) is 0 Å². The van der Waals surface area contributed by atoms with Crippen molar-refractivity contribution in [3.8, 4) is 11.8 Å². The quantitative estimate of drug-likeness (QED) is 0.0932. The highest BCUT2D eigenvalue weighted by Crippen LogP contribution is 2.22. The summed E-state index contributed by atoms with van der Waals surface area (Å²) in [5.74, 6) is 6.59. The molecule has 0 aromatic carbocycles. The largest absolute Gasteiger partial charge is 0.481 e. The summed E-state index contributed by atoms with van der Waals surface area (Å²) in [5, 5.41) is 19.7. The molecule has 0 unspecified atom stereocenters. The second-order valence-electron chi connectivity index (χ2n) is 10.6. The van der Waals surface area contributed by atoms with E-state index in [-0.39, 0.29) is 42.3 Å². The van der Waals surface area contributed by atoms with Gasteiger partial charge in [-0.05, 0) is 46.6 Å². The van der Waals surface area contributed by atoms with Crippen molar-refractivity contribution in [1.82, 2.24) is 25.2 Å². The summed E-state index contributed by atoms with van der Waals surface area (Å²) in [6, 6.07) is 1.57. The number of nitrogens with zero attached hydrogens (tertiary/aromatic N) is 4. The van der Waals surface area contributed by atoms with Gasteiger partial charge in [-0.15, -0.1) is 0 Å². The molecule has 0 atom stereocenters. The number of amides is 3. The summed E-state index contributed by atoms with van der Waals surface area (Å²) >= 11 is 0. The maximum atomic E-state index is 12.2. The topological polar surface area (TPSA) is 193 Å². The van der Waals surface area contributed by atoms with Gasteiger partial charge >= 0.3 is 12.2 Å². The lowest BCUT2D eigenvalue weighted by Gasteiger charge is -2.24. The van der Waals surface area contributed by atoms with Crippen molar-refractivity contribution >= 4 is 47.3 Å². The van der Waals surface area contributed by atoms with Crippen LogP contribution in [0, 0.1) is 17.3 Å². The number of methoxy groups -OCH3 is 1. The molecular formula is C30H43N9O6. The standard InChI is InChI=1S/C30H43N9O6/c1-8-14-33-25-20(13-11-10-12-15-32-23(40)19-39(6)29(42)45-30(3,4)5)17-35-27(37-25)36-21-16-22(24(31)43-7)26(34-18-21)38-28(41)44-9-2/h16-18,31H,8-10,12,14-15,19H2,1-7H3,(H,32,40)(H,34,38,41)(H2,33,35,36,37). The van der Waals surface area contributed by atoms with Crippen LogP contribution in [0.25, 0.3) is 0 Å². The van der Waals surface area contributed by atoms with Gasteiger partial charge in [0, 0.05) is 26.6 Å². The third-order valence-electron chi connectivity index (χ3n) is 5.53. The van der Waals surface area contributed by atoms with Crippen molar-refractivity contribution in [2.75, 3.05) is 56.3 Å². The molecule has 0 fully saturated rings. The number of hydrogen-bond donors (Lipinski definition) is 5. The van der Waals surface area contributed by atoms with Crippen LogP contribution in [0.4, 0.5) is 32.9 Å². The molecule has 2 aromatic heterocycles. The number of unbranched alkanes of at least 4 members (excludes halogenated alkanes) is 1. The first kappa shape index (κ1) is 36.1. The molecule has 15 nitrogen and oxygen atoms in total. The molecule has 0 spiro atoms. The van der Waals surface area contributed by atoms with Crippen LogP contribution in [0.15, 0.2) is 18.5 Å². The van der Waals surface area contributed by atoms with Crippen LogP contribution in [0.3, 0.4) is 0 Å². The monoisotopic (exact) mass is 625 g/mol. The molecule has 0 saturated heterocycles. The van der Waals surface area contributed by atoms with Crippen molar-refractivity contribution < 1.29 is 28.6 Å². The Morgan fingerprint density at radius 2 is 1.84 bits per heavy atom. The Bertz CT molecular complexity index is 1400. The van der Waals surface area contributed by atoms with Crippen LogP contribution in [0.1, 0.15) is 65.0 Å². The average Bonchev–Trinajstić information content (AvgIpc) is 2.98. The zero-order chi connectivity index (χ0) is 33.4. The highest BCUT2D eigenvalue weighted by atomic mass is 16.6. The van der Waals surface area contributed by atoms with Crippen molar-refractivity contribution in [1.29, 1.82) is 5.41 Å². The normalized spacial score (nSPS) is 10.5. The molecule has 0 radical (unpaired) electrons. The molecule has 3 amide bonds. The minimum atomic E-state index is -0.699. The lowest BCUT2D eigenvalue weighted by molar-refractivity contribution is -0.122. The summed E-state index contributed by atoms with van der Waals surface area (Å²) in [5.41, 5.74) is 0.657. The maximum Gasteiger partial charge on any atom is 0.412 e. The van der Waals surface area contributed by atoms with Crippen molar-refractivity contribution in [2.24, 2.45) is 0 Å². The van der Waals surface area contributed by atoms with Gasteiger partial charge in [0.05, 0.1) is 42.9 Å². The van der Waals surface area contributed by atoms with E-state index in [0.29, 0.717) is 43.0 Å². The Morgan fingerprint density at radius 3 is 2.51 bits per heavy atom. The summed E-state index contributed by atoms with van der Waals surface area (Å²) in [6.07, 6.45) is 3.78. The van der Waals surface area contributed by atoms with E-state index in [1.165, 1.54) is 25.3 Å². The minimum absolute atomic E-state index is 0.105. The third kappa shape index (κ3) is 13.0. The molecule has 244 valence electrons. The molecule has 5 N–H and O–H groups in total. The third-order valence-corrected chi connectivity index (χ3v) is 5.53. The number of hydrogen-bond acceptors (Lipinski definition) is 12. The zero-order valence-corrected chi connectivity index (χ0v) is 26.9. The number of rotatable bonds is 13. The fraction of sp³-hybridized carbons (Fsp3) is 0.500. The molecule has 2 heterocycles. The summed E-state index contributed by atoms with van der Waals surface area (Å²) in [6.45, 7) is 10.1. The number of anilines is 4. The van der Waals surface area contributed by atoms with E-state index < -0.39 is 17.8 Å². The number of aromatic nitrogens is 3. The SMILES string of the molecule is CCCNc1nc(Nc2cnc(NC(=O)OCC)c(C(=N)OC)c2)ncc1C#CCCCNC(=O)CN(C)C(=O)OC(C)(C)C. The molecule has 2 aromatic rings. The molecule has 0 bridgehead atoms. The average molecular weight is 626 g/mol. The van der Waals surface area contributed by atoms with Crippen molar-refractivity contribution in [2.45, 2.75) is 59.5 Å². The van der Waals surface area contributed by atoms with Crippen LogP contribution in [0.5, 0.6) is 0 Å². The van der Waals surface area contributed by atoms with Gasteiger partial charge in [-0.1, -0.05) is 18.8 Å².